The number of nitrogens with one attached hydrogen (secondary N) is 3. The maximum absolute atomic E-state index is 13.6. The number of hydrogen-bond donors (Lipinski definition) is 5. The number of nitrogens with two attached hydrogens (primary N) is 2. The zero-order chi connectivity index (χ0) is 38.8. The number of methoxy groups -OCH3 is 3. The molecule has 1 amide bonds. The molecule has 0 unspecified atom stereocenters. The molecule has 0 bridgehead atoms. The molecule has 2 fully saturated rings. The molecule has 16 nitrogen and oxygen atoms in total. The van der Waals surface area contributed by atoms with E-state index in [2.05, 4.69) is 35.9 Å². The Morgan fingerprint density at radius 3 is 1.57 bits per heavy atom. The van der Waals surface area contributed by atoms with E-state index in [-0.39, 0.29) is 69.5 Å². The van der Waals surface area contributed by atoms with Crippen LogP contribution in [-0.4, -0.2) is 102 Å². The quantitative estimate of drug-likeness (QED) is 0.146. The number of hydrogen-bond acceptors (Lipinski definition) is 15. The van der Waals surface area contributed by atoms with Gasteiger partial charge in [0.15, 0.2) is 0 Å². The van der Waals surface area contributed by atoms with Gasteiger partial charge in [-0.25, -0.2) is 23.5 Å². The molecule has 4 heterocycles. The summed E-state index contributed by atoms with van der Waals surface area (Å²) in [6.45, 7) is 2.97. The molecule has 2 saturated heterocycles. The minimum atomic E-state index is -0.565. The molecule has 18 heteroatoms. The maximum Gasteiger partial charge on any atom is 0.409 e. The largest absolute Gasteiger partial charge is 0.496 e. The standard InChI is InChI=1S/C19H22FN5O4.C17H20FN5O2/c1-28-15-4-3-11(20)9-13(15)16(26)14-10-22-18(24-17(14)21)23-12-5-7-25(8-6-12)19(27)29-2;1-25-14-3-2-10(18)8-12(14)15(24)13-9-21-17(23-16(13)19)22-11-4-6-20-7-5-11/h3-4,9-10,12H,5-8H2,1-2H3,(H3,21,22,23,24);2-3,8-9,11,20H,4-7H2,1H3,(H3,19,21,22,23). The number of piperidine rings is 2. The summed E-state index contributed by atoms with van der Waals surface area (Å²) in [6, 6.07) is 7.72. The van der Waals surface area contributed by atoms with Crippen LogP contribution in [0.2, 0.25) is 0 Å². The maximum atomic E-state index is 13.6. The lowest BCUT2D eigenvalue weighted by Crippen LogP contribution is -2.42. The fraction of sp³-hybridized carbons (Fsp3) is 0.361. The third kappa shape index (κ3) is 9.62. The molecule has 2 aromatic carbocycles. The summed E-state index contributed by atoms with van der Waals surface area (Å²) in [5.41, 5.74) is 12.2. The average Bonchev–Trinajstić information content (AvgIpc) is 3.18. The van der Waals surface area contributed by atoms with Gasteiger partial charge in [0.05, 0.1) is 43.6 Å². The molecule has 6 rings (SSSR count). The SMILES string of the molecule is COC(=O)N1CCC(Nc2ncc(C(=O)c3cc(F)ccc3OC)c(N)n2)CC1.COc1ccc(F)cc1C(=O)c1cnc(NC2CCNCC2)nc1N. The minimum absolute atomic E-state index is 0.0224. The number of halogens is 2. The summed E-state index contributed by atoms with van der Waals surface area (Å²) in [5, 5.41) is 9.66. The van der Waals surface area contributed by atoms with Crippen LogP contribution in [0.4, 0.5) is 37.1 Å². The topological polar surface area (TPSA) is 222 Å². The third-order valence-corrected chi connectivity index (χ3v) is 8.87. The van der Waals surface area contributed by atoms with Crippen LogP contribution in [0.3, 0.4) is 0 Å². The first-order valence-electron chi connectivity index (χ1n) is 17.1. The molecule has 54 heavy (non-hydrogen) atoms. The highest BCUT2D eigenvalue weighted by molar-refractivity contribution is 6.13. The van der Waals surface area contributed by atoms with Crippen molar-refractivity contribution in [3.63, 3.8) is 0 Å². The van der Waals surface area contributed by atoms with Crippen molar-refractivity contribution in [2.24, 2.45) is 0 Å². The number of ether oxygens (including phenoxy) is 3. The molecular formula is C36H42F2N10O6. The van der Waals surface area contributed by atoms with Gasteiger partial charge >= 0.3 is 6.09 Å². The second kappa shape index (κ2) is 18.0. The predicted octanol–water partition coefficient (Wildman–Crippen LogP) is 3.68. The number of carbonyl (C=O) groups is 3. The molecule has 0 aliphatic carbocycles. The van der Waals surface area contributed by atoms with E-state index >= 15 is 0 Å². The van der Waals surface area contributed by atoms with Gasteiger partial charge in [-0.3, -0.25) is 9.59 Å². The zero-order valence-corrected chi connectivity index (χ0v) is 30.0. The highest BCUT2D eigenvalue weighted by atomic mass is 19.1. The van der Waals surface area contributed by atoms with Crippen molar-refractivity contribution < 1.29 is 37.4 Å². The molecule has 2 aliphatic heterocycles. The third-order valence-electron chi connectivity index (χ3n) is 8.87. The summed E-state index contributed by atoms with van der Waals surface area (Å²) in [6.07, 6.45) is 5.63. The van der Waals surface area contributed by atoms with Gasteiger partial charge in [-0.1, -0.05) is 0 Å². The fourth-order valence-electron chi connectivity index (χ4n) is 5.95. The van der Waals surface area contributed by atoms with Crippen molar-refractivity contribution in [3.8, 4) is 11.5 Å². The molecule has 0 radical (unpaired) electrons. The molecule has 2 aliphatic rings. The van der Waals surface area contributed by atoms with E-state index in [4.69, 9.17) is 25.7 Å². The number of rotatable bonds is 10. The Kier molecular flexibility index (Phi) is 13.0. The molecule has 286 valence electrons. The van der Waals surface area contributed by atoms with Gasteiger partial charge in [0.1, 0.15) is 34.8 Å². The van der Waals surface area contributed by atoms with E-state index < -0.39 is 23.2 Å². The minimum Gasteiger partial charge on any atom is -0.496 e. The normalized spacial score (nSPS) is 14.6. The van der Waals surface area contributed by atoms with Crippen LogP contribution in [0.1, 0.15) is 57.5 Å². The molecular weight excluding hydrogens is 706 g/mol. The van der Waals surface area contributed by atoms with E-state index in [0.717, 1.165) is 38.1 Å². The van der Waals surface area contributed by atoms with Crippen LogP contribution in [0, 0.1) is 11.6 Å². The van der Waals surface area contributed by atoms with E-state index in [1.54, 1.807) is 4.90 Å². The van der Waals surface area contributed by atoms with Crippen molar-refractivity contribution in [3.05, 3.63) is 82.7 Å². The summed E-state index contributed by atoms with van der Waals surface area (Å²) < 4.78 is 42.0. The van der Waals surface area contributed by atoms with E-state index in [1.807, 2.05) is 0 Å². The number of amides is 1. The van der Waals surface area contributed by atoms with Gasteiger partial charge in [-0.05, 0) is 75.2 Å². The second-order valence-electron chi connectivity index (χ2n) is 12.4. The monoisotopic (exact) mass is 748 g/mol. The Bertz CT molecular complexity index is 1970. The van der Waals surface area contributed by atoms with E-state index in [1.165, 1.54) is 58.0 Å². The van der Waals surface area contributed by atoms with Crippen LogP contribution in [0.15, 0.2) is 48.8 Å². The van der Waals surface area contributed by atoms with Crippen LogP contribution < -0.4 is 36.9 Å². The number of ketones is 2. The van der Waals surface area contributed by atoms with Gasteiger partial charge in [-0.2, -0.15) is 9.97 Å². The smallest absolute Gasteiger partial charge is 0.409 e. The van der Waals surface area contributed by atoms with Gasteiger partial charge in [-0.15, -0.1) is 0 Å². The number of carbonyl (C=O) groups excluding carboxylic acids is 3. The van der Waals surface area contributed by atoms with Crippen molar-refractivity contribution >= 4 is 41.2 Å². The summed E-state index contributed by atoms with van der Waals surface area (Å²) >= 11 is 0. The van der Waals surface area contributed by atoms with E-state index in [0.29, 0.717) is 31.9 Å². The molecule has 0 spiro atoms. The first-order valence-corrected chi connectivity index (χ1v) is 17.1. The summed E-state index contributed by atoms with van der Waals surface area (Å²) in [7, 11) is 4.16. The number of likely N-dealkylation sites (tertiary alicyclic amines) is 1. The highest BCUT2D eigenvalue weighted by Crippen LogP contribution is 2.26. The zero-order valence-electron chi connectivity index (χ0n) is 30.0. The number of aromatic nitrogens is 4. The Balaban J connectivity index is 0.000000210. The van der Waals surface area contributed by atoms with Crippen molar-refractivity contribution in [1.29, 1.82) is 0 Å². The molecule has 2 aromatic heterocycles. The van der Waals surface area contributed by atoms with E-state index in [9.17, 15) is 23.2 Å². The number of benzene rings is 2. The van der Waals surface area contributed by atoms with Gasteiger partial charge < -0.3 is 46.5 Å². The lowest BCUT2D eigenvalue weighted by molar-refractivity contribution is 0.102. The summed E-state index contributed by atoms with van der Waals surface area (Å²) in [5.74, 6) is -0.933. The highest BCUT2D eigenvalue weighted by Gasteiger charge is 2.25. The van der Waals surface area contributed by atoms with Crippen LogP contribution in [-0.2, 0) is 4.74 Å². The van der Waals surface area contributed by atoms with Gasteiger partial charge in [0.2, 0.25) is 23.5 Å². The molecule has 7 N–H and O–H groups in total. The van der Waals surface area contributed by atoms with Crippen molar-refractivity contribution in [1.82, 2.24) is 30.2 Å². The Labute approximate surface area is 310 Å². The number of anilines is 4. The Hall–Kier alpha value is -6.17. The lowest BCUT2D eigenvalue weighted by Gasteiger charge is -2.31. The van der Waals surface area contributed by atoms with Gasteiger partial charge in [0, 0.05) is 37.6 Å². The van der Waals surface area contributed by atoms with Crippen LogP contribution in [0.5, 0.6) is 11.5 Å². The number of nitrogens with zero attached hydrogens (tertiary/aromatic N) is 5. The summed E-state index contributed by atoms with van der Waals surface area (Å²) in [4.78, 5) is 55.3. The van der Waals surface area contributed by atoms with Crippen molar-refractivity contribution in [2.75, 3.05) is 69.6 Å². The Morgan fingerprint density at radius 1 is 0.722 bits per heavy atom. The first-order chi connectivity index (χ1) is 26.0. The second-order valence-corrected chi connectivity index (χ2v) is 12.4. The Morgan fingerprint density at radius 2 is 1.17 bits per heavy atom. The molecule has 0 saturated carbocycles. The van der Waals surface area contributed by atoms with Crippen LogP contribution >= 0.6 is 0 Å². The number of nitrogen functional groups attached to an aromatic ring is 2. The molecule has 4 aromatic rings. The lowest BCUT2D eigenvalue weighted by atomic mass is 10.0. The average molecular weight is 749 g/mol. The first kappa shape index (κ1) is 39.0. The van der Waals surface area contributed by atoms with Crippen molar-refractivity contribution in [2.45, 2.75) is 37.8 Å². The fourth-order valence-corrected chi connectivity index (χ4v) is 5.95. The van der Waals surface area contributed by atoms with Gasteiger partial charge in [0.25, 0.3) is 0 Å². The predicted molar refractivity (Wildman–Crippen MR) is 196 cm³/mol. The van der Waals surface area contributed by atoms with Crippen LogP contribution in [0.25, 0.3) is 0 Å². The molecule has 0 atom stereocenters.